The van der Waals surface area contributed by atoms with Crippen LogP contribution in [0.5, 0.6) is 5.75 Å². The Hall–Kier alpha value is -3.41. The van der Waals surface area contributed by atoms with Gasteiger partial charge in [0.25, 0.3) is 0 Å². The Kier molecular flexibility index (Phi) is 6.77. The van der Waals surface area contributed by atoms with E-state index in [0.717, 1.165) is 42.3 Å². The number of ether oxygens (including phenoxy) is 1. The second-order valence-corrected chi connectivity index (χ2v) is 7.78. The van der Waals surface area contributed by atoms with Crippen LogP contribution in [-0.2, 0) is 4.79 Å². The first kappa shape index (κ1) is 20.8. The van der Waals surface area contributed by atoms with Gasteiger partial charge in [-0.3, -0.25) is 4.79 Å². The Balaban J connectivity index is 1.20. The van der Waals surface area contributed by atoms with Gasteiger partial charge in [0.15, 0.2) is 5.82 Å². The van der Waals surface area contributed by atoms with E-state index in [-0.39, 0.29) is 5.91 Å². The molecule has 0 N–H and O–H groups in total. The summed E-state index contributed by atoms with van der Waals surface area (Å²) in [5.41, 5.74) is 3.13. The van der Waals surface area contributed by atoms with Gasteiger partial charge >= 0.3 is 0 Å². The molecular weight excluding hydrogens is 388 g/mol. The molecule has 0 atom stereocenters. The summed E-state index contributed by atoms with van der Waals surface area (Å²) in [5.74, 6) is 1.90. The first-order valence-corrected chi connectivity index (χ1v) is 10.8. The van der Waals surface area contributed by atoms with Gasteiger partial charge in [-0.05, 0) is 37.6 Å². The van der Waals surface area contributed by atoms with Crippen LogP contribution in [0, 0.1) is 6.92 Å². The van der Waals surface area contributed by atoms with Gasteiger partial charge in [-0.2, -0.15) is 0 Å². The highest BCUT2D eigenvalue weighted by molar-refractivity contribution is 5.76. The SMILES string of the molecule is Cc1ccc(OCCCC(=O)N2CCN(c3ccc(-c4ccccc4)nn3)CC2)cc1. The monoisotopic (exact) mass is 416 g/mol. The number of aromatic nitrogens is 2. The molecule has 1 aliphatic rings. The van der Waals surface area contributed by atoms with Gasteiger partial charge in [0.1, 0.15) is 5.75 Å². The number of benzene rings is 2. The number of anilines is 1. The molecule has 0 bridgehead atoms. The molecule has 1 aliphatic heterocycles. The Bertz CT molecular complexity index is 967. The van der Waals surface area contributed by atoms with Crippen molar-refractivity contribution in [2.75, 3.05) is 37.7 Å². The summed E-state index contributed by atoms with van der Waals surface area (Å²) in [6.45, 7) is 5.56. The summed E-state index contributed by atoms with van der Waals surface area (Å²) in [7, 11) is 0. The maximum atomic E-state index is 12.5. The Morgan fingerprint density at radius 1 is 0.903 bits per heavy atom. The van der Waals surface area contributed by atoms with Crippen LogP contribution in [0.15, 0.2) is 66.7 Å². The highest BCUT2D eigenvalue weighted by Gasteiger charge is 2.21. The number of piperazine rings is 1. The molecule has 4 rings (SSSR count). The van der Waals surface area contributed by atoms with Crippen LogP contribution < -0.4 is 9.64 Å². The van der Waals surface area contributed by atoms with Gasteiger partial charge in [-0.25, -0.2) is 0 Å². The van der Waals surface area contributed by atoms with E-state index >= 15 is 0 Å². The lowest BCUT2D eigenvalue weighted by molar-refractivity contribution is -0.131. The van der Waals surface area contributed by atoms with Gasteiger partial charge in [0, 0.05) is 38.2 Å². The van der Waals surface area contributed by atoms with E-state index in [1.54, 1.807) is 0 Å². The average molecular weight is 417 g/mol. The van der Waals surface area contributed by atoms with Crippen LogP contribution in [0.4, 0.5) is 5.82 Å². The van der Waals surface area contributed by atoms with Crippen molar-refractivity contribution >= 4 is 11.7 Å². The minimum absolute atomic E-state index is 0.192. The van der Waals surface area contributed by atoms with Crippen molar-refractivity contribution < 1.29 is 9.53 Å². The number of carbonyl (C=O) groups is 1. The van der Waals surface area contributed by atoms with Crippen LogP contribution in [0.25, 0.3) is 11.3 Å². The van der Waals surface area contributed by atoms with Crippen molar-refractivity contribution in [1.82, 2.24) is 15.1 Å². The molecule has 1 saturated heterocycles. The quantitative estimate of drug-likeness (QED) is 0.546. The molecule has 1 amide bonds. The van der Waals surface area contributed by atoms with Gasteiger partial charge in [0.05, 0.1) is 12.3 Å². The van der Waals surface area contributed by atoms with Crippen molar-refractivity contribution in [3.05, 3.63) is 72.3 Å². The van der Waals surface area contributed by atoms with Crippen molar-refractivity contribution in [3.8, 4) is 17.0 Å². The van der Waals surface area contributed by atoms with Crippen molar-refractivity contribution in [2.45, 2.75) is 19.8 Å². The summed E-state index contributed by atoms with van der Waals surface area (Å²) in [6.07, 6.45) is 1.23. The molecule has 0 radical (unpaired) electrons. The van der Waals surface area contributed by atoms with Crippen LogP contribution in [0.3, 0.4) is 0 Å². The lowest BCUT2D eigenvalue weighted by atomic mass is 10.1. The van der Waals surface area contributed by atoms with Gasteiger partial charge in [0.2, 0.25) is 5.91 Å². The lowest BCUT2D eigenvalue weighted by Gasteiger charge is -2.35. The molecule has 160 valence electrons. The predicted octanol–water partition coefficient (Wildman–Crippen LogP) is 3.96. The smallest absolute Gasteiger partial charge is 0.222 e. The zero-order chi connectivity index (χ0) is 21.5. The third-order valence-corrected chi connectivity index (χ3v) is 5.50. The number of rotatable bonds is 7. The summed E-state index contributed by atoms with van der Waals surface area (Å²) in [5, 5.41) is 8.77. The number of hydrogen-bond donors (Lipinski definition) is 0. The third kappa shape index (κ3) is 5.60. The number of carbonyl (C=O) groups excluding carboxylic acids is 1. The van der Waals surface area contributed by atoms with E-state index in [1.165, 1.54) is 5.56 Å². The van der Waals surface area contributed by atoms with Crippen LogP contribution in [0.2, 0.25) is 0 Å². The van der Waals surface area contributed by atoms with Gasteiger partial charge in [-0.1, -0.05) is 48.0 Å². The minimum atomic E-state index is 0.192. The summed E-state index contributed by atoms with van der Waals surface area (Å²) < 4.78 is 5.72. The number of amides is 1. The van der Waals surface area contributed by atoms with Crippen LogP contribution >= 0.6 is 0 Å². The zero-order valence-electron chi connectivity index (χ0n) is 17.9. The molecular formula is C25H28N4O2. The number of hydrogen-bond acceptors (Lipinski definition) is 5. The minimum Gasteiger partial charge on any atom is -0.494 e. The largest absolute Gasteiger partial charge is 0.494 e. The van der Waals surface area contributed by atoms with E-state index in [2.05, 4.69) is 22.0 Å². The molecule has 1 fully saturated rings. The van der Waals surface area contributed by atoms with Gasteiger partial charge in [-0.15, -0.1) is 10.2 Å². The topological polar surface area (TPSA) is 58.6 Å². The molecule has 2 aromatic carbocycles. The van der Waals surface area contributed by atoms with E-state index in [4.69, 9.17) is 4.74 Å². The second kappa shape index (κ2) is 10.1. The first-order chi connectivity index (χ1) is 15.2. The Morgan fingerprint density at radius 3 is 2.32 bits per heavy atom. The summed E-state index contributed by atoms with van der Waals surface area (Å²) in [6, 6.07) is 22.0. The highest BCUT2D eigenvalue weighted by Crippen LogP contribution is 2.19. The molecule has 31 heavy (non-hydrogen) atoms. The maximum Gasteiger partial charge on any atom is 0.222 e. The maximum absolute atomic E-state index is 12.5. The normalized spacial score (nSPS) is 13.8. The second-order valence-electron chi connectivity index (χ2n) is 7.78. The number of nitrogens with zero attached hydrogens (tertiary/aromatic N) is 4. The first-order valence-electron chi connectivity index (χ1n) is 10.8. The van der Waals surface area contributed by atoms with E-state index in [0.29, 0.717) is 26.1 Å². The van der Waals surface area contributed by atoms with E-state index < -0.39 is 0 Å². The molecule has 1 aromatic heterocycles. The van der Waals surface area contributed by atoms with Crippen molar-refractivity contribution in [2.24, 2.45) is 0 Å². The zero-order valence-corrected chi connectivity index (χ0v) is 17.9. The molecule has 3 aromatic rings. The van der Waals surface area contributed by atoms with Crippen molar-refractivity contribution in [1.29, 1.82) is 0 Å². The van der Waals surface area contributed by atoms with E-state index in [9.17, 15) is 4.79 Å². The molecule has 6 nitrogen and oxygen atoms in total. The molecule has 0 unspecified atom stereocenters. The standard InChI is InChI=1S/C25H28N4O2/c1-20-9-11-22(12-10-20)31-19-5-8-25(30)29-17-15-28(16-18-29)24-14-13-23(26-27-24)21-6-3-2-4-7-21/h2-4,6-7,9-14H,5,8,15-19H2,1H3. The summed E-state index contributed by atoms with van der Waals surface area (Å²) >= 11 is 0. The van der Waals surface area contributed by atoms with E-state index in [1.807, 2.05) is 71.6 Å². The van der Waals surface area contributed by atoms with Crippen LogP contribution in [-0.4, -0.2) is 53.8 Å². The summed E-state index contributed by atoms with van der Waals surface area (Å²) in [4.78, 5) is 16.6. The lowest BCUT2D eigenvalue weighted by Crippen LogP contribution is -2.49. The fourth-order valence-corrected chi connectivity index (χ4v) is 3.65. The Morgan fingerprint density at radius 2 is 1.65 bits per heavy atom. The molecule has 2 heterocycles. The molecule has 6 heteroatoms. The molecule has 0 spiro atoms. The van der Waals surface area contributed by atoms with Gasteiger partial charge < -0.3 is 14.5 Å². The predicted molar refractivity (Wildman–Crippen MR) is 122 cm³/mol. The molecule has 0 saturated carbocycles. The highest BCUT2D eigenvalue weighted by atomic mass is 16.5. The van der Waals surface area contributed by atoms with Crippen LogP contribution in [0.1, 0.15) is 18.4 Å². The average Bonchev–Trinajstić information content (AvgIpc) is 2.83. The Labute approximate surface area is 183 Å². The fourth-order valence-electron chi connectivity index (χ4n) is 3.65. The third-order valence-electron chi connectivity index (χ3n) is 5.50. The molecule has 0 aliphatic carbocycles. The number of aryl methyl sites for hydroxylation is 1. The fraction of sp³-hybridized carbons (Fsp3) is 0.320. The van der Waals surface area contributed by atoms with Crippen molar-refractivity contribution in [3.63, 3.8) is 0 Å².